The quantitative estimate of drug-likeness (QED) is 0.768. The minimum absolute atomic E-state index is 0.595. The summed E-state index contributed by atoms with van der Waals surface area (Å²) in [6.07, 6.45) is 7.06. The van der Waals surface area contributed by atoms with Crippen LogP contribution < -0.4 is 5.32 Å². The zero-order chi connectivity index (χ0) is 10.9. The molecular weight excluding hydrogens is 184 g/mol. The lowest BCUT2D eigenvalue weighted by molar-refractivity contribution is 0.169. The van der Waals surface area contributed by atoms with Gasteiger partial charge in [-0.25, -0.2) is 0 Å². The standard InChI is InChI=1S/C13H26N2/c1-13(2)7-6-11(9-13)15-8-4-5-12(15)10-14-3/h11-12,14H,4-10H2,1-3H3. The fourth-order valence-corrected chi connectivity index (χ4v) is 3.48. The highest BCUT2D eigenvalue weighted by molar-refractivity contribution is 4.93. The Morgan fingerprint density at radius 1 is 1.33 bits per heavy atom. The molecule has 1 aliphatic carbocycles. The molecule has 1 N–H and O–H groups in total. The van der Waals surface area contributed by atoms with Crippen LogP contribution in [0.2, 0.25) is 0 Å². The van der Waals surface area contributed by atoms with Gasteiger partial charge in [0.05, 0.1) is 0 Å². The summed E-state index contributed by atoms with van der Waals surface area (Å²) < 4.78 is 0. The summed E-state index contributed by atoms with van der Waals surface area (Å²) in [6, 6.07) is 1.69. The van der Waals surface area contributed by atoms with E-state index < -0.39 is 0 Å². The highest BCUT2D eigenvalue weighted by atomic mass is 15.2. The number of nitrogens with zero attached hydrogens (tertiary/aromatic N) is 1. The van der Waals surface area contributed by atoms with Gasteiger partial charge in [0.2, 0.25) is 0 Å². The fourth-order valence-electron chi connectivity index (χ4n) is 3.48. The first-order chi connectivity index (χ1) is 7.12. The average Bonchev–Trinajstić information content (AvgIpc) is 2.72. The number of hydrogen-bond donors (Lipinski definition) is 1. The van der Waals surface area contributed by atoms with Gasteiger partial charge in [-0.2, -0.15) is 0 Å². The van der Waals surface area contributed by atoms with E-state index in [0.29, 0.717) is 5.41 Å². The van der Waals surface area contributed by atoms with Crippen LogP contribution >= 0.6 is 0 Å². The second kappa shape index (κ2) is 4.42. The van der Waals surface area contributed by atoms with Gasteiger partial charge in [-0.15, -0.1) is 0 Å². The van der Waals surface area contributed by atoms with Crippen molar-refractivity contribution in [3.8, 4) is 0 Å². The molecular formula is C13H26N2. The molecule has 0 spiro atoms. The van der Waals surface area contributed by atoms with Crippen molar-refractivity contribution >= 4 is 0 Å². The van der Waals surface area contributed by atoms with Crippen LogP contribution in [-0.2, 0) is 0 Å². The summed E-state index contributed by atoms with van der Waals surface area (Å²) in [7, 11) is 2.08. The van der Waals surface area contributed by atoms with Gasteiger partial charge < -0.3 is 5.32 Å². The molecule has 2 nitrogen and oxygen atoms in total. The summed E-state index contributed by atoms with van der Waals surface area (Å²) in [5.41, 5.74) is 0.595. The van der Waals surface area contributed by atoms with Crippen LogP contribution in [0.25, 0.3) is 0 Å². The minimum atomic E-state index is 0.595. The molecule has 0 aromatic heterocycles. The molecule has 0 radical (unpaired) electrons. The molecule has 1 aliphatic heterocycles. The number of likely N-dealkylation sites (tertiary alicyclic amines) is 1. The molecule has 2 unspecified atom stereocenters. The topological polar surface area (TPSA) is 15.3 Å². The van der Waals surface area contributed by atoms with Crippen LogP contribution in [0.15, 0.2) is 0 Å². The Kier molecular flexibility index (Phi) is 3.36. The molecule has 0 aromatic rings. The van der Waals surface area contributed by atoms with Crippen LogP contribution in [-0.4, -0.2) is 37.1 Å². The van der Waals surface area contributed by atoms with E-state index in [1.54, 1.807) is 0 Å². The van der Waals surface area contributed by atoms with Crippen LogP contribution in [0.5, 0.6) is 0 Å². The van der Waals surface area contributed by atoms with Crippen molar-refractivity contribution in [3.63, 3.8) is 0 Å². The van der Waals surface area contributed by atoms with Gasteiger partial charge in [0.15, 0.2) is 0 Å². The summed E-state index contributed by atoms with van der Waals surface area (Å²) in [5.74, 6) is 0. The maximum Gasteiger partial charge on any atom is 0.0223 e. The molecule has 1 heterocycles. The van der Waals surface area contributed by atoms with E-state index in [1.165, 1.54) is 45.2 Å². The first-order valence-corrected chi connectivity index (χ1v) is 6.53. The van der Waals surface area contributed by atoms with Crippen molar-refractivity contribution in [3.05, 3.63) is 0 Å². The monoisotopic (exact) mass is 210 g/mol. The molecule has 2 rings (SSSR count). The van der Waals surface area contributed by atoms with Gasteiger partial charge in [-0.3, -0.25) is 4.90 Å². The van der Waals surface area contributed by atoms with Gasteiger partial charge in [0.25, 0.3) is 0 Å². The second-order valence-corrected chi connectivity index (χ2v) is 6.15. The zero-order valence-corrected chi connectivity index (χ0v) is 10.6. The molecule has 1 saturated heterocycles. The first-order valence-electron chi connectivity index (χ1n) is 6.53. The largest absolute Gasteiger partial charge is 0.318 e. The third-order valence-corrected chi connectivity index (χ3v) is 4.27. The maximum atomic E-state index is 3.34. The van der Waals surface area contributed by atoms with E-state index in [9.17, 15) is 0 Å². The van der Waals surface area contributed by atoms with Crippen molar-refractivity contribution in [1.29, 1.82) is 0 Å². The Bertz CT molecular complexity index is 213. The zero-order valence-electron chi connectivity index (χ0n) is 10.6. The lowest BCUT2D eigenvalue weighted by Crippen LogP contribution is -2.42. The second-order valence-electron chi connectivity index (χ2n) is 6.15. The molecule has 0 aromatic carbocycles. The van der Waals surface area contributed by atoms with Crippen LogP contribution in [0.1, 0.15) is 46.0 Å². The Hall–Kier alpha value is -0.0800. The van der Waals surface area contributed by atoms with E-state index in [0.717, 1.165) is 12.1 Å². The molecule has 0 bridgehead atoms. The van der Waals surface area contributed by atoms with Crippen molar-refractivity contribution in [1.82, 2.24) is 10.2 Å². The number of hydrogen-bond acceptors (Lipinski definition) is 2. The van der Waals surface area contributed by atoms with Crippen LogP contribution in [0, 0.1) is 5.41 Å². The molecule has 15 heavy (non-hydrogen) atoms. The maximum absolute atomic E-state index is 3.34. The van der Waals surface area contributed by atoms with Gasteiger partial charge >= 0.3 is 0 Å². The molecule has 2 fully saturated rings. The van der Waals surface area contributed by atoms with Crippen molar-refractivity contribution in [2.24, 2.45) is 5.41 Å². The van der Waals surface area contributed by atoms with Gasteiger partial charge in [-0.05, 0) is 51.1 Å². The van der Waals surface area contributed by atoms with E-state index in [-0.39, 0.29) is 0 Å². The highest BCUT2D eigenvalue weighted by Gasteiger charge is 2.38. The minimum Gasteiger partial charge on any atom is -0.318 e. The molecule has 2 heteroatoms. The van der Waals surface area contributed by atoms with E-state index in [4.69, 9.17) is 0 Å². The summed E-state index contributed by atoms with van der Waals surface area (Å²) >= 11 is 0. The summed E-state index contributed by atoms with van der Waals surface area (Å²) in [6.45, 7) is 7.37. The van der Waals surface area contributed by atoms with Gasteiger partial charge in [0, 0.05) is 18.6 Å². The lowest BCUT2D eigenvalue weighted by atomic mass is 9.91. The SMILES string of the molecule is CNCC1CCCN1C1CCC(C)(C)C1. The number of rotatable bonds is 3. The van der Waals surface area contributed by atoms with Gasteiger partial charge in [-0.1, -0.05) is 13.8 Å². The van der Waals surface area contributed by atoms with Crippen molar-refractivity contribution < 1.29 is 0 Å². The van der Waals surface area contributed by atoms with Gasteiger partial charge in [0.1, 0.15) is 0 Å². The van der Waals surface area contributed by atoms with Crippen LogP contribution in [0.4, 0.5) is 0 Å². The third-order valence-electron chi connectivity index (χ3n) is 4.27. The number of likely N-dealkylation sites (N-methyl/N-ethyl adjacent to an activating group) is 1. The summed E-state index contributed by atoms with van der Waals surface area (Å²) in [4.78, 5) is 2.78. The van der Waals surface area contributed by atoms with Crippen molar-refractivity contribution in [2.75, 3.05) is 20.1 Å². The third kappa shape index (κ3) is 2.54. The predicted molar refractivity (Wildman–Crippen MR) is 65.1 cm³/mol. The van der Waals surface area contributed by atoms with Crippen LogP contribution in [0.3, 0.4) is 0 Å². The number of nitrogens with one attached hydrogen (secondary N) is 1. The van der Waals surface area contributed by atoms with E-state index in [2.05, 4.69) is 31.1 Å². The highest BCUT2D eigenvalue weighted by Crippen LogP contribution is 2.41. The predicted octanol–water partition coefficient (Wildman–Crippen LogP) is 2.25. The Morgan fingerprint density at radius 2 is 2.13 bits per heavy atom. The molecule has 2 aliphatic rings. The fraction of sp³-hybridized carbons (Fsp3) is 1.00. The normalized spacial score (nSPS) is 36.2. The summed E-state index contributed by atoms with van der Waals surface area (Å²) in [5, 5.41) is 3.34. The Morgan fingerprint density at radius 3 is 2.73 bits per heavy atom. The average molecular weight is 210 g/mol. The smallest absolute Gasteiger partial charge is 0.0223 e. The Balaban J connectivity index is 1.93. The van der Waals surface area contributed by atoms with E-state index >= 15 is 0 Å². The molecule has 88 valence electrons. The van der Waals surface area contributed by atoms with E-state index in [1.807, 2.05) is 0 Å². The first kappa shape index (κ1) is 11.4. The van der Waals surface area contributed by atoms with Crippen molar-refractivity contribution in [2.45, 2.75) is 58.0 Å². The molecule has 2 atom stereocenters. The molecule has 0 amide bonds. The lowest BCUT2D eigenvalue weighted by Gasteiger charge is -2.31. The molecule has 1 saturated carbocycles. The Labute approximate surface area is 94.4 Å².